The standard InChI is InChI=1S/C18H15ClF4N2O2/c19-14-10(3-1-4-11(14)18(21,22)23)9-25-16(27)17(20)7-6-13(26)15-12(17)5-2-8-24-15/h1-5,8,13,26H,6-7,9H2,(H,25,27)/t13-,17+/m1/s1. The van der Waals surface area contributed by atoms with E-state index in [4.69, 9.17) is 11.6 Å². The Hall–Kier alpha value is -2.19. The van der Waals surface area contributed by atoms with Gasteiger partial charge in [-0.05, 0) is 30.5 Å². The molecule has 1 amide bonds. The van der Waals surface area contributed by atoms with Gasteiger partial charge in [0.05, 0.1) is 22.4 Å². The van der Waals surface area contributed by atoms with Gasteiger partial charge in [0.25, 0.3) is 5.91 Å². The third-order valence-electron chi connectivity index (χ3n) is 4.53. The topological polar surface area (TPSA) is 62.2 Å². The molecule has 1 aliphatic carbocycles. The monoisotopic (exact) mass is 402 g/mol. The van der Waals surface area contributed by atoms with Crippen LogP contribution in [0.2, 0.25) is 5.02 Å². The zero-order valence-electron chi connectivity index (χ0n) is 13.9. The van der Waals surface area contributed by atoms with Gasteiger partial charge < -0.3 is 10.4 Å². The van der Waals surface area contributed by atoms with E-state index in [2.05, 4.69) is 10.3 Å². The molecule has 2 atom stereocenters. The fraction of sp³-hybridized carbons (Fsp3) is 0.333. The van der Waals surface area contributed by atoms with E-state index < -0.39 is 34.4 Å². The first-order chi connectivity index (χ1) is 12.6. The van der Waals surface area contributed by atoms with Gasteiger partial charge in [-0.25, -0.2) is 4.39 Å². The number of nitrogens with one attached hydrogen (secondary N) is 1. The zero-order chi connectivity index (χ0) is 19.8. The quantitative estimate of drug-likeness (QED) is 0.761. The van der Waals surface area contributed by atoms with E-state index in [1.54, 1.807) is 0 Å². The molecule has 0 fully saturated rings. The van der Waals surface area contributed by atoms with Crippen molar-refractivity contribution < 1.29 is 27.5 Å². The summed E-state index contributed by atoms with van der Waals surface area (Å²) in [5, 5.41) is 11.7. The maximum Gasteiger partial charge on any atom is 0.417 e. The number of fused-ring (bicyclic) bond motifs is 1. The Bertz CT molecular complexity index is 875. The summed E-state index contributed by atoms with van der Waals surface area (Å²) in [4.78, 5) is 16.4. The van der Waals surface area contributed by atoms with E-state index in [9.17, 15) is 23.1 Å². The van der Waals surface area contributed by atoms with Crippen LogP contribution in [0.5, 0.6) is 0 Å². The van der Waals surface area contributed by atoms with E-state index >= 15 is 4.39 Å². The van der Waals surface area contributed by atoms with Gasteiger partial charge in [-0.3, -0.25) is 9.78 Å². The Labute approximate surface area is 157 Å². The van der Waals surface area contributed by atoms with Crippen LogP contribution in [0, 0.1) is 0 Å². The molecule has 4 nitrogen and oxygen atoms in total. The lowest BCUT2D eigenvalue weighted by molar-refractivity contribution is -0.137. The molecule has 0 aliphatic heterocycles. The van der Waals surface area contributed by atoms with Crippen molar-refractivity contribution in [2.24, 2.45) is 0 Å². The van der Waals surface area contributed by atoms with Crippen LogP contribution >= 0.6 is 11.6 Å². The molecule has 144 valence electrons. The highest BCUT2D eigenvalue weighted by Gasteiger charge is 2.46. The maximum atomic E-state index is 15.4. The molecule has 0 radical (unpaired) electrons. The molecule has 1 aromatic carbocycles. The number of aliphatic hydroxyl groups is 1. The van der Waals surface area contributed by atoms with Crippen molar-refractivity contribution in [2.75, 3.05) is 0 Å². The number of nitrogens with zero attached hydrogens (tertiary/aromatic N) is 1. The van der Waals surface area contributed by atoms with Crippen molar-refractivity contribution in [3.05, 3.63) is 63.9 Å². The highest BCUT2D eigenvalue weighted by Crippen LogP contribution is 2.42. The van der Waals surface area contributed by atoms with E-state index in [1.807, 2.05) is 0 Å². The molecule has 2 N–H and O–H groups in total. The predicted molar refractivity (Wildman–Crippen MR) is 89.5 cm³/mol. The van der Waals surface area contributed by atoms with Gasteiger partial charge in [0.15, 0.2) is 0 Å². The fourth-order valence-electron chi connectivity index (χ4n) is 3.11. The van der Waals surface area contributed by atoms with Gasteiger partial charge in [0.1, 0.15) is 0 Å². The molecule has 0 saturated heterocycles. The first-order valence-corrected chi connectivity index (χ1v) is 8.47. The second-order valence-electron chi connectivity index (χ2n) is 6.25. The number of carbonyl (C=O) groups excluding carboxylic acids is 1. The van der Waals surface area contributed by atoms with Crippen LogP contribution in [0.25, 0.3) is 0 Å². The highest BCUT2D eigenvalue weighted by molar-refractivity contribution is 6.32. The van der Waals surface area contributed by atoms with Gasteiger partial charge in [-0.15, -0.1) is 0 Å². The summed E-state index contributed by atoms with van der Waals surface area (Å²) in [6.07, 6.45) is -4.50. The molecule has 1 aliphatic rings. The third kappa shape index (κ3) is 3.64. The number of halogens is 5. The van der Waals surface area contributed by atoms with Gasteiger partial charge in [0.2, 0.25) is 5.67 Å². The summed E-state index contributed by atoms with van der Waals surface area (Å²) in [5.41, 5.74) is -3.40. The zero-order valence-corrected chi connectivity index (χ0v) is 14.6. The maximum absolute atomic E-state index is 15.4. The van der Waals surface area contributed by atoms with E-state index in [1.165, 1.54) is 24.4 Å². The number of aromatic nitrogens is 1. The van der Waals surface area contributed by atoms with Crippen LogP contribution < -0.4 is 5.32 Å². The van der Waals surface area contributed by atoms with Crippen LogP contribution in [0.3, 0.4) is 0 Å². The minimum atomic E-state index is -4.64. The Morgan fingerprint density at radius 1 is 1.33 bits per heavy atom. The van der Waals surface area contributed by atoms with Crippen LogP contribution in [-0.4, -0.2) is 16.0 Å². The molecule has 1 aromatic heterocycles. The minimum absolute atomic E-state index is 0.00174. The average molecular weight is 403 g/mol. The smallest absolute Gasteiger partial charge is 0.387 e. The number of alkyl halides is 4. The molecule has 1 heterocycles. The molecular weight excluding hydrogens is 388 g/mol. The van der Waals surface area contributed by atoms with Crippen molar-refractivity contribution in [1.82, 2.24) is 10.3 Å². The summed E-state index contributed by atoms with van der Waals surface area (Å²) < 4.78 is 54.2. The van der Waals surface area contributed by atoms with Gasteiger partial charge in [0, 0.05) is 18.3 Å². The van der Waals surface area contributed by atoms with Crippen molar-refractivity contribution in [2.45, 2.75) is 37.3 Å². The number of hydrogen-bond acceptors (Lipinski definition) is 3. The van der Waals surface area contributed by atoms with Crippen molar-refractivity contribution in [1.29, 1.82) is 0 Å². The second-order valence-corrected chi connectivity index (χ2v) is 6.63. The lowest BCUT2D eigenvalue weighted by Gasteiger charge is -2.32. The fourth-order valence-corrected chi connectivity index (χ4v) is 3.41. The molecule has 0 saturated carbocycles. The Morgan fingerprint density at radius 2 is 2.07 bits per heavy atom. The molecule has 0 unspecified atom stereocenters. The molecule has 0 bridgehead atoms. The summed E-state index contributed by atoms with van der Waals surface area (Å²) in [6.45, 7) is -0.370. The van der Waals surface area contributed by atoms with Crippen molar-refractivity contribution in [3.8, 4) is 0 Å². The Balaban J connectivity index is 1.82. The number of rotatable bonds is 3. The van der Waals surface area contributed by atoms with Crippen LogP contribution in [0.4, 0.5) is 17.6 Å². The molecule has 0 spiro atoms. The largest absolute Gasteiger partial charge is 0.417 e. The minimum Gasteiger partial charge on any atom is -0.387 e. The highest BCUT2D eigenvalue weighted by atomic mass is 35.5. The van der Waals surface area contributed by atoms with Crippen LogP contribution in [0.1, 0.15) is 41.3 Å². The number of carbonyl (C=O) groups is 1. The van der Waals surface area contributed by atoms with Gasteiger partial charge in [-0.2, -0.15) is 13.2 Å². The first-order valence-electron chi connectivity index (χ1n) is 8.10. The number of hydrogen-bond donors (Lipinski definition) is 2. The average Bonchev–Trinajstić information content (AvgIpc) is 2.63. The lowest BCUT2D eigenvalue weighted by atomic mass is 9.81. The Morgan fingerprint density at radius 3 is 2.78 bits per heavy atom. The Kier molecular flexibility index (Phi) is 5.14. The summed E-state index contributed by atoms with van der Waals surface area (Å²) in [6, 6.07) is 6.12. The van der Waals surface area contributed by atoms with E-state index in [0.717, 1.165) is 12.1 Å². The van der Waals surface area contributed by atoms with E-state index in [-0.39, 0.29) is 36.2 Å². The van der Waals surface area contributed by atoms with E-state index in [0.29, 0.717) is 0 Å². The second kappa shape index (κ2) is 7.09. The molecule has 9 heteroatoms. The SMILES string of the molecule is O=C(NCc1cccc(C(F)(F)F)c1Cl)[C@]1(F)CC[C@@H](O)c2ncccc21. The number of amides is 1. The molecular formula is C18H15ClF4N2O2. The molecule has 3 rings (SSSR count). The summed E-state index contributed by atoms with van der Waals surface area (Å²) >= 11 is 5.79. The third-order valence-corrected chi connectivity index (χ3v) is 4.97. The van der Waals surface area contributed by atoms with Gasteiger partial charge >= 0.3 is 6.18 Å². The number of pyridine rings is 1. The molecule has 27 heavy (non-hydrogen) atoms. The summed E-state index contributed by atoms with van der Waals surface area (Å²) in [7, 11) is 0. The van der Waals surface area contributed by atoms with Crippen molar-refractivity contribution in [3.63, 3.8) is 0 Å². The number of benzene rings is 1. The van der Waals surface area contributed by atoms with Crippen molar-refractivity contribution >= 4 is 17.5 Å². The molecule has 2 aromatic rings. The summed E-state index contributed by atoms with van der Waals surface area (Å²) in [5.74, 6) is -1.02. The van der Waals surface area contributed by atoms with Crippen LogP contribution in [-0.2, 0) is 23.2 Å². The van der Waals surface area contributed by atoms with Crippen LogP contribution in [0.15, 0.2) is 36.5 Å². The normalized spacial score (nSPS) is 22.2. The first kappa shape index (κ1) is 19.6. The predicted octanol–water partition coefficient (Wildman–Crippen LogP) is 4.06. The lowest BCUT2D eigenvalue weighted by Crippen LogP contribution is -2.44. The van der Waals surface area contributed by atoms with Gasteiger partial charge in [-0.1, -0.05) is 29.8 Å². The number of aliphatic hydroxyl groups excluding tert-OH is 1.